The van der Waals surface area contributed by atoms with Crippen LogP contribution in [0.25, 0.3) is 0 Å². The monoisotopic (exact) mass is 346 g/mol. The van der Waals surface area contributed by atoms with Gasteiger partial charge in [-0.1, -0.05) is 19.8 Å². The smallest absolute Gasteiger partial charge is 0.326 e. The number of anilines is 1. The standard InChI is InChI=1S/C13H16BrFN2O3/c1-2-3-4-11(12(18)19)17-13(20)16-8-5-6-9(14)10(15)7-8/h5-7,11H,2-4H2,1H3,(H,18,19)(H2,16,17,20)/t11-/m0/s1. The molecule has 1 aromatic rings. The first-order valence-corrected chi connectivity index (χ1v) is 6.98. The maximum Gasteiger partial charge on any atom is 0.326 e. The third kappa shape index (κ3) is 5.16. The summed E-state index contributed by atoms with van der Waals surface area (Å²) in [4.78, 5) is 22.7. The zero-order chi connectivity index (χ0) is 15.1. The van der Waals surface area contributed by atoms with Crippen molar-refractivity contribution in [1.29, 1.82) is 0 Å². The van der Waals surface area contributed by atoms with Gasteiger partial charge in [-0.3, -0.25) is 0 Å². The normalized spacial score (nSPS) is 11.8. The minimum atomic E-state index is -1.09. The van der Waals surface area contributed by atoms with E-state index in [2.05, 4.69) is 26.6 Å². The number of hydrogen-bond acceptors (Lipinski definition) is 2. The first kappa shape index (κ1) is 16.4. The number of urea groups is 1. The van der Waals surface area contributed by atoms with Crippen LogP contribution in [0.5, 0.6) is 0 Å². The van der Waals surface area contributed by atoms with Crippen molar-refractivity contribution < 1.29 is 19.1 Å². The van der Waals surface area contributed by atoms with Crippen molar-refractivity contribution in [3.8, 4) is 0 Å². The van der Waals surface area contributed by atoms with Gasteiger partial charge in [0.15, 0.2) is 0 Å². The predicted molar refractivity (Wildman–Crippen MR) is 77.2 cm³/mol. The molecule has 0 unspecified atom stereocenters. The lowest BCUT2D eigenvalue weighted by molar-refractivity contribution is -0.139. The second-order valence-electron chi connectivity index (χ2n) is 4.26. The van der Waals surface area contributed by atoms with Gasteiger partial charge in [-0.25, -0.2) is 14.0 Å². The summed E-state index contributed by atoms with van der Waals surface area (Å²) in [7, 11) is 0. The Balaban J connectivity index is 2.60. The first-order chi connectivity index (χ1) is 9.43. The molecule has 0 radical (unpaired) electrons. The van der Waals surface area contributed by atoms with Crippen molar-refractivity contribution in [2.45, 2.75) is 32.2 Å². The van der Waals surface area contributed by atoms with Gasteiger partial charge in [0.1, 0.15) is 11.9 Å². The van der Waals surface area contributed by atoms with E-state index in [9.17, 15) is 14.0 Å². The van der Waals surface area contributed by atoms with Gasteiger partial charge >= 0.3 is 12.0 Å². The molecule has 110 valence electrons. The van der Waals surface area contributed by atoms with Gasteiger partial charge in [0, 0.05) is 5.69 Å². The van der Waals surface area contributed by atoms with E-state index < -0.39 is 23.9 Å². The molecular formula is C13H16BrFN2O3. The van der Waals surface area contributed by atoms with Gasteiger partial charge in [0.25, 0.3) is 0 Å². The lowest BCUT2D eigenvalue weighted by Crippen LogP contribution is -2.42. The van der Waals surface area contributed by atoms with Crippen molar-refractivity contribution in [2.24, 2.45) is 0 Å². The highest BCUT2D eigenvalue weighted by atomic mass is 79.9. The summed E-state index contributed by atoms with van der Waals surface area (Å²) in [6, 6.07) is 2.49. The van der Waals surface area contributed by atoms with E-state index in [0.717, 1.165) is 12.5 Å². The van der Waals surface area contributed by atoms with E-state index in [4.69, 9.17) is 5.11 Å². The number of hydrogen-bond donors (Lipinski definition) is 3. The minimum absolute atomic E-state index is 0.253. The predicted octanol–water partition coefficient (Wildman–Crippen LogP) is 3.35. The molecule has 0 saturated carbocycles. The van der Waals surface area contributed by atoms with Crippen LogP contribution in [-0.2, 0) is 4.79 Å². The average Bonchev–Trinajstić information content (AvgIpc) is 2.38. The number of nitrogens with one attached hydrogen (secondary N) is 2. The quantitative estimate of drug-likeness (QED) is 0.738. The molecule has 0 spiro atoms. The molecule has 1 aromatic carbocycles. The number of unbranched alkanes of at least 4 members (excludes halogenated alkanes) is 1. The Kier molecular flexibility index (Phi) is 6.44. The summed E-state index contributed by atoms with van der Waals surface area (Å²) in [5.41, 5.74) is 0.253. The molecule has 2 amide bonds. The summed E-state index contributed by atoms with van der Waals surface area (Å²) in [6.07, 6.45) is 1.89. The maximum atomic E-state index is 13.3. The molecule has 5 nitrogen and oxygen atoms in total. The molecule has 0 fully saturated rings. The average molecular weight is 347 g/mol. The van der Waals surface area contributed by atoms with Crippen LogP contribution >= 0.6 is 15.9 Å². The van der Waals surface area contributed by atoms with Crippen LogP contribution in [0.1, 0.15) is 26.2 Å². The molecule has 1 rings (SSSR count). The number of aliphatic carboxylic acids is 1. The molecule has 3 N–H and O–H groups in total. The molecule has 0 aliphatic heterocycles. The Morgan fingerprint density at radius 1 is 1.45 bits per heavy atom. The van der Waals surface area contributed by atoms with Crippen LogP contribution in [0, 0.1) is 5.82 Å². The van der Waals surface area contributed by atoms with Crippen LogP contribution in [0.4, 0.5) is 14.9 Å². The largest absolute Gasteiger partial charge is 0.480 e. The van der Waals surface area contributed by atoms with E-state index in [1.807, 2.05) is 6.92 Å². The Bertz CT molecular complexity index is 497. The van der Waals surface area contributed by atoms with Gasteiger partial charge in [-0.15, -0.1) is 0 Å². The minimum Gasteiger partial charge on any atom is -0.480 e. The second kappa shape index (κ2) is 7.84. The van der Waals surface area contributed by atoms with Crippen LogP contribution < -0.4 is 10.6 Å². The number of halogens is 2. The van der Waals surface area contributed by atoms with Crippen LogP contribution in [-0.4, -0.2) is 23.1 Å². The lowest BCUT2D eigenvalue weighted by Gasteiger charge is -2.14. The van der Waals surface area contributed by atoms with Gasteiger partial charge < -0.3 is 15.7 Å². The first-order valence-electron chi connectivity index (χ1n) is 6.19. The summed E-state index contributed by atoms with van der Waals surface area (Å²) in [6.45, 7) is 1.93. The SMILES string of the molecule is CCCC[C@H](NC(=O)Nc1ccc(Br)c(F)c1)C(=O)O. The van der Waals surface area contributed by atoms with E-state index in [1.165, 1.54) is 12.1 Å². The third-order valence-corrected chi connectivity index (χ3v) is 3.27. The fourth-order valence-corrected chi connectivity index (χ4v) is 1.81. The summed E-state index contributed by atoms with van der Waals surface area (Å²) in [5, 5.41) is 13.7. The van der Waals surface area contributed by atoms with Crippen LogP contribution in [0.15, 0.2) is 22.7 Å². The number of carboxylic acids is 1. The van der Waals surface area contributed by atoms with Gasteiger partial charge in [-0.2, -0.15) is 0 Å². The Morgan fingerprint density at radius 2 is 2.15 bits per heavy atom. The number of amides is 2. The molecule has 0 bridgehead atoms. The topological polar surface area (TPSA) is 78.4 Å². The number of benzene rings is 1. The molecule has 0 aliphatic rings. The van der Waals surface area contributed by atoms with E-state index >= 15 is 0 Å². The summed E-state index contributed by atoms with van der Waals surface area (Å²) < 4.78 is 13.6. The highest BCUT2D eigenvalue weighted by molar-refractivity contribution is 9.10. The van der Waals surface area contributed by atoms with E-state index in [0.29, 0.717) is 12.8 Å². The van der Waals surface area contributed by atoms with E-state index in [-0.39, 0.29) is 10.2 Å². The molecule has 20 heavy (non-hydrogen) atoms. The fraction of sp³-hybridized carbons (Fsp3) is 0.385. The van der Waals surface area contributed by atoms with Crippen molar-refractivity contribution in [3.63, 3.8) is 0 Å². The summed E-state index contributed by atoms with van der Waals surface area (Å²) in [5.74, 6) is -1.60. The molecule has 7 heteroatoms. The Labute approximate surface area is 124 Å². The van der Waals surface area contributed by atoms with Gasteiger partial charge in [-0.05, 0) is 40.5 Å². The number of rotatable bonds is 6. The second-order valence-corrected chi connectivity index (χ2v) is 5.11. The highest BCUT2D eigenvalue weighted by Gasteiger charge is 2.19. The molecule has 0 aromatic heterocycles. The van der Waals surface area contributed by atoms with Crippen LogP contribution in [0.2, 0.25) is 0 Å². The zero-order valence-electron chi connectivity index (χ0n) is 11.0. The maximum absolute atomic E-state index is 13.3. The molecule has 1 atom stereocenters. The van der Waals surface area contributed by atoms with E-state index in [1.54, 1.807) is 0 Å². The number of carboxylic acid groups (broad SMARTS) is 1. The lowest BCUT2D eigenvalue weighted by atomic mass is 10.1. The van der Waals surface area contributed by atoms with Crippen LogP contribution in [0.3, 0.4) is 0 Å². The van der Waals surface area contributed by atoms with Crippen molar-refractivity contribution in [2.75, 3.05) is 5.32 Å². The number of carbonyl (C=O) groups excluding carboxylic acids is 1. The fourth-order valence-electron chi connectivity index (χ4n) is 1.56. The molecule has 0 aliphatic carbocycles. The molecule has 0 saturated heterocycles. The van der Waals surface area contributed by atoms with Crippen molar-refractivity contribution in [1.82, 2.24) is 5.32 Å². The Hall–Kier alpha value is -1.63. The third-order valence-electron chi connectivity index (χ3n) is 2.63. The Morgan fingerprint density at radius 3 is 2.70 bits per heavy atom. The van der Waals surface area contributed by atoms with Gasteiger partial charge in [0.05, 0.1) is 4.47 Å². The number of carbonyl (C=O) groups is 2. The summed E-state index contributed by atoms with van der Waals surface area (Å²) >= 11 is 3.00. The molecule has 0 heterocycles. The van der Waals surface area contributed by atoms with Gasteiger partial charge in [0.2, 0.25) is 0 Å². The van der Waals surface area contributed by atoms with Crippen molar-refractivity contribution in [3.05, 3.63) is 28.5 Å². The van der Waals surface area contributed by atoms with Crippen molar-refractivity contribution >= 4 is 33.6 Å². The molecular weight excluding hydrogens is 331 g/mol. The highest BCUT2D eigenvalue weighted by Crippen LogP contribution is 2.19. The zero-order valence-corrected chi connectivity index (χ0v) is 12.5.